The number of hydrogen-bond donors (Lipinski definition) is 1. The maximum absolute atomic E-state index is 13.9. The van der Waals surface area contributed by atoms with Gasteiger partial charge in [0.15, 0.2) is 8.65 Å². The number of carboxylic acid groups (broad SMARTS) is 1. The smallest absolute Gasteiger partial charge is 0.325 e. The molecule has 5 heterocycles. The van der Waals surface area contributed by atoms with E-state index in [1.807, 2.05) is 35.2 Å². The lowest BCUT2D eigenvalue weighted by molar-refractivity contribution is -0.142. The minimum Gasteiger partial charge on any atom is -0.480 e. The van der Waals surface area contributed by atoms with Crippen LogP contribution < -0.4 is 4.90 Å². The third-order valence-electron chi connectivity index (χ3n) is 7.39. The molecule has 3 saturated heterocycles. The third kappa shape index (κ3) is 1.81. The van der Waals surface area contributed by atoms with Crippen molar-refractivity contribution in [3.05, 3.63) is 42.0 Å². The summed E-state index contributed by atoms with van der Waals surface area (Å²) >= 11 is 6.99. The van der Waals surface area contributed by atoms with Crippen LogP contribution in [0.4, 0.5) is 5.69 Å². The number of anilines is 1. The van der Waals surface area contributed by atoms with Crippen molar-refractivity contribution in [2.75, 3.05) is 11.4 Å². The summed E-state index contributed by atoms with van der Waals surface area (Å²) < 4.78 is 3.18. The fourth-order valence-corrected chi connectivity index (χ4v) is 7.90. The Morgan fingerprint density at radius 2 is 2.00 bits per heavy atom. The van der Waals surface area contributed by atoms with Crippen LogP contribution in [-0.2, 0) is 19.1 Å². The van der Waals surface area contributed by atoms with E-state index in [1.165, 1.54) is 0 Å². The monoisotopic (exact) mass is 536 g/mol. The summed E-state index contributed by atoms with van der Waals surface area (Å²) in [5.41, 5.74) is 0.483. The van der Waals surface area contributed by atoms with Gasteiger partial charge in [-0.25, -0.2) is 0 Å². The molecular formula is C21H18Br2N2O5. The number of carbonyl (C=O) groups is 3. The van der Waals surface area contributed by atoms with E-state index in [1.54, 1.807) is 11.0 Å². The van der Waals surface area contributed by atoms with Crippen LogP contribution in [0.3, 0.4) is 0 Å². The number of fused-ring (bicyclic) bond motifs is 4. The summed E-state index contributed by atoms with van der Waals surface area (Å²) in [7, 11) is 0. The highest BCUT2D eigenvalue weighted by atomic mass is 79.9. The van der Waals surface area contributed by atoms with Crippen LogP contribution >= 0.6 is 31.9 Å². The molecule has 9 heteroatoms. The van der Waals surface area contributed by atoms with E-state index < -0.39 is 32.4 Å². The number of carbonyl (C=O) groups excluding carboxylic acids is 2. The first-order valence-electron chi connectivity index (χ1n) is 9.98. The molecule has 2 bridgehead atoms. The molecule has 0 saturated carbocycles. The van der Waals surface area contributed by atoms with E-state index in [0.717, 1.165) is 12.0 Å². The Hall–Kier alpha value is -1.71. The largest absolute Gasteiger partial charge is 0.480 e. The Bertz CT molecular complexity index is 1060. The quantitative estimate of drug-likeness (QED) is 0.463. The number of nitrogens with zero attached hydrogens (tertiary/aromatic N) is 2. The molecule has 0 aliphatic carbocycles. The standard InChI is InChI=1S/C21H18Br2N2O5/c22-20(18(28)29)15-7-8-19(30-15)14-10-13(24-9-3-6-16(24)26)11-4-1-2-5-12(11)25(14)17(27)21(19,20)23/h1-2,4-5,7-8,13-15H,3,6,9-10H2,(H,28,29)/t13-,14-,15+,19+,20+,21+/m0/s1. The first-order valence-corrected chi connectivity index (χ1v) is 11.6. The Morgan fingerprint density at radius 1 is 1.23 bits per heavy atom. The number of para-hydroxylation sites is 1. The van der Waals surface area contributed by atoms with Gasteiger partial charge in [0.1, 0.15) is 11.7 Å². The molecule has 7 nitrogen and oxygen atoms in total. The predicted molar refractivity (Wildman–Crippen MR) is 114 cm³/mol. The van der Waals surface area contributed by atoms with Crippen LogP contribution in [0.2, 0.25) is 0 Å². The molecule has 0 radical (unpaired) electrons. The van der Waals surface area contributed by atoms with E-state index in [0.29, 0.717) is 25.1 Å². The van der Waals surface area contributed by atoms with Gasteiger partial charge >= 0.3 is 5.97 Å². The maximum Gasteiger partial charge on any atom is 0.325 e. The number of ether oxygens (including phenoxy) is 1. The summed E-state index contributed by atoms with van der Waals surface area (Å²) in [6, 6.07) is 6.97. The zero-order chi connectivity index (χ0) is 21.1. The van der Waals surface area contributed by atoms with Crippen molar-refractivity contribution in [3.8, 4) is 0 Å². The second-order valence-electron chi connectivity index (χ2n) is 8.56. The zero-order valence-electron chi connectivity index (χ0n) is 15.8. The maximum atomic E-state index is 13.9. The number of aliphatic carboxylic acids is 1. The number of alkyl halides is 2. The first-order chi connectivity index (χ1) is 14.3. The first kappa shape index (κ1) is 19.0. The number of rotatable bonds is 2. The minimum atomic E-state index is -1.63. The minimum absolute atomic E-state index is 0.114. The average Bonchev–Trinajstić information content (AvgIpc) is 3.45. The molecule has 1 aromatic carbocycles. The van der Waals surface area contributed by atoms with Gasteiger partial charge in [0, 0.05) is 18.7 Å². The van der Waals surface area contributed by atoms with E-state index in [2.05, 4.69) is 31.9 Å². The van der Waals surface area contributed by atoms with E-state index in [-0.39, 0.29) is 17.9 Å². The van der Waals surface area contributed by atoms with Crippen molar-refractivity contribution in [1.29, 1.82) is 0 Å². The normalized spacial score (nSPS) is 43.2. The van der Waals surface area contributed by atoms with Crippen LogP contribution in [0.25, 0.3) is 0 Å². The van der Waals surface area contributed by atoms with Crippen LogP contribution in [0, 0.1) is 0 Å². The molecular weight excluding hydrogens is 520 g/mol. The zero-order valence-corrected chi connectivity index (χ0v) is 18.9. The second-order valence-corrected chi connectivity index (χ2v) is 11.0. The average molecular weight is 538 g/mol. The second kappa shape index (κ2) is 5.75. The highest BCUT2D eigenvalue weighted by Gasteiger charge is 2.86. The highest BCUT2D eigenvalue weighted by Crippen LogP contribution is 2.68. The van der Waals surface area contributed by atoms with Gasteiger partial charge < -0.3 is 19.6 Å². The lowest BCUT2D eigenvalue weighted by Gasteiger charge is -2.44. The fraction of sp³-hybridized carbons (Fsp3) is 0.476. The van der Waals surface area contributed by atoms with Gasteiger partial charge in [0.25, 0.3) is 0 Å². The summed E-state index contributed by atoms with van der Waals surface area (Å²) in [4.78, 5) is 42.4. The van der Waals surface area contributed by atoms with Crippen LogP contribution in [0.1, 0.15) is 30.9 Å². The topological polar surface area (TPSA) is 87.2 Å². The van der Waals surface area contributed by atoms with Gasteiger partial charge in [0.2, 0.25) is 11.8 Å². The van der Waals surface area contributed by atoms with Gasteiger partial charge in [0.05, 0.1) is 12.1 Å². The van der Waals surface area contributed by atoms with E-state index >= 15 is 0 Å². The van der Waals surface area contributed by atoms with Gasteiger partial charge in [-0.1, -0.05) is 62.2 Å². The Morgan fingerprint density at radius 3 is 2.70 bits per heavy atom. The molecule has 1 N–H and O–H groups in total. The summed E-state index contributed by atoms with van der Waals surface area (Å²) in [5.74, 6) is -1.37. The summed E-state index contributed by atoms with van der Waals surface area (Å²) in [5, 5.41) is 10.1. The molecule has 3 fully saturated rings. The van der Waals surface area contributed by atoms with Gasteiger partial charge in [-0.15, -0.1) is 0 Å². The number of benzene rings is 1. The highest BCUT2D eigenvalue weighted by molar-refractivity contribution is 9.13. The van der Waals surface area contributed by atoms with Gasteiger partial charge in [-0.2, -0.15) is 0 Å². The van der Waals surface area contributed by atoms with Crippen LogP contribution in [-0.4, -0.2) is 60.7 Å². The number of amides is 2. The summed E-state index contributed by atoms with van der Waals surface area (Å²) in [6.07, 6.45) is 4.64. The molecule has 0 unspecified atom stereocenters. The Labute approximate surface area is 189 Å². The molecule has 30 heavy (non-hydrogen) atoms. The van der Waals surface area contributed by atoms with E-state index in [9.17, 15) is 19.5 Å². The van der Waals surface area contributed by atoms with Gasteiger partial charge in [-0.05, 0) is 24.5 Å². The molecule has 0 aromatic heterocycles. The number of halogens is 2. The van der Waals surface area contributed by atoms with E-state index in [4.69, 9.17) is 4.74 Å². The number of hydrogen-bond acceptors (Lipinski definition) is 4. The van der Waals surface area contributed by atoms with Crippen molar-refractivity contribution in [1.82, 2.24) is 4.90 Å². The molecule has 5 aliphatic heterocycles. The molecule has 6 atom stereocenters. The Kier molecular flexibility index (Phi) is 3.64. The molecule has 156 valence electrons. The molecule has 5 aliphatic rings. The van der Waals surface area contributed by atoms with Gasteiger partial charge in [-0.3, -0.25) is 14.4 Å². The van der Waals surface area contributed by atoms with Crippen molar-refractivity contribution in [2.45, 2.75) is 51.7 Å². The summed E-state index contributed by atoms with van der Waals surface area (Å²) in [6.45, 7) is 0.682. The molecule has 6 rings (SSSR count). The van der Waals surface area contributed by atoms with Crippen LogP contribution in [0.5, 0.6) is 0 Å². The molecule has 1 spiro atoms. The Balaban J connectivity index is 1.56. The van der Waals surface area contributed by atoms with Crippen LogP contribution in [0.15, 0.2) is 36.4 Å². The van der Waals surface area contributed by atoms with Crippen molar-refractivity contribution < 1.29 is 24.2 Å². The number of carboxylic acids is 1. The lowest BCUT2D eigenvalue weighted by Crippen LogP contribution is -2.63. The van der Waals surface area contributed by atoms with Crippen molar-refractivity contribution in [3.63, 3.8) is 0 Å². The predicted octanol–water partition coefficient (Wildman–Crippen LogP) is 2.53. The lowest BCUT2D eigenvalue weighted by atomic mass is 9.72. The van der Waals surface area contributed by atoms with Crippen molar-refractivity contribution in [2.24, 2.45) is 0 Å². The van der Waals surface area contributed by atoms with Crippen molar-refractivity contribution >= 4 is 55.3 Å². The molecule has 1 aromatic rings. The SMILES string of the molecule is O=C1CCCN1[C@H]1C[C@@H]2N(C(=O)[C@@]3(Br)[C@@]24C=C[C@@H](O4)[C@@]3(Br)C(=O)O)c2ccccc21. The number of likely N-dealkylation sites (tertiary alicyclic amines) is 1. The fourth-order valence-electron chi connectivity index (χ4n) is 6.10. The molecule has 2 amide bonds. The third-order valence-corrected chi connectivity index (χ3v) is 10.9.